The Bertz CT molecular complexity index is 331. The zero-order chi connectivity index (χ0) is 12.1. The number of rotatable bonds is 5. The van der Waals surface area contributed by atoms with Crippen LogP contribution in [0.3, 0.4) is 0 Å². The fourth-order valence-electron chi connectivity index (χ4n) is 1.99. The van der Waals surface area contributed by atoms with Crippen LogP contribution in [0.2, 0.25) is 0 Å². The lowest BCUT2D eigenvalue weighted by Gasteiger charge is -2.21. The van der Waals surface area contributed by atoms with Crippen LogP contribution in [0.5, 0.6) is 0 Å². The number of nitrogens with one attached hydrogen (secondary N) is 1. The van der Waals surface area contributed by atoms with Gasteiger partial charge in [0.15, 0.2) is 5.82 Å². The first-order valence-corrected chi connectivity index (χ1v) is 6.44. The van der Waals surface area contributed by atoms with Crippen molar-refractivity contribution < 1.29 is 4.74 Å². The van der Waals surface area contributed by atoms with Gasteiger partial charge in [0.1, 0.15) is 6.33 Å². The van der Waals surface area contributed by atoms with E-state index in [0.29, 0.717) is 12.0 Å². The summed E-state index contributed by atoms with van der Waals surface area (Å²) in [6.45, 7) is 7.83. The maximum absolute atomic E-state index is 5.35. The molecule has 5 nitrogen and oxygen atoms in total. The molecule has 0 unspecified atom stereocenters. The summed E-state index contributed by atoms with van der Waals surface area (Å²) in [6, 6.07) is 0.468. The molecule has 0 spiro atoms. The number of hydrogen-bond donors (Lipinski definition) is 1. The minimum Gasteiger partial charge on any atom is -0.381 e. The van der Waals surface area contributed by atoms with Gasteiger partial charge in [0.05, 0.1) is 12.6 Å². The van der Waals surface area contributed by atoms with Crippen LogP contribution in [0.1, 0.15) is 38.6 Å². The molecule has 1 N–H and O–H groups in total. The van der Waals surface area contributed by atoms with Gasteiger partial charge in [-0.05, 0) is 25.3 Å². The van der Waals surface area contributed by atoms with Crippen molar-refractivity contribution in [2.24, 2.45) is 5.92 Å². The summed E-state index contributed by atoms with van der Waals surface area (Å²) < 4.78 is 7.34. The summed E-state index contributed by atoms with van der Waals surface area (Å²) in [4.78, 5) is 4.34. The van der Waals surface area contributed by atoms with E-state index in [0.717, 1.165) is 45.0 Å². The van der Waals surface area contributed by atoms with Gasteiger partial charge >= 0.3 is 0 Å². The van der Waals surface area contributed by atoms with Crippen molar-refractivity contribution in [1.82, 2.24) is 20.1 Å². The van der Waals surface area contributed by atoms with Crippen molar-refractivity contribution in [2.75, 3.05) is 19.8 Å². The van der Waals surface area contributed by atoms with Crippen LogP contribution in [0.15, 0.2) is 6.33 Å². The number of hydrogen-bond acceptors (Lipinski definition) is 4. The largest absolute Gasteiger partial charge is 0.381 e. The van der Waals surface area contributed by atoms with E-state index in [1.165, 1.54) is 0 Å². The Morgan fingerprint density at radius 1 is 1.47 bits per heavy atom. The van der Waals surface area contributed by atoms with Gasteiger partial charge in [-0.25, -0.2) is 9.67 Å². The first-order chi connectivity index (χ1) is 8.25. The smallest absolute Gasteiger partial charge is 0.164 e. The van der Waals surface area contributed by atoms with Crippen molar-refractivity contribution in [3.05, 3.63) is 12.2 Å². The predicted octanol–water partition coefficient (Wildman–Crippen LogP) is 1.38. The van der Waals surface area contributed by atoms with Crippen LogP contribution in [0.25, 0.3) is 0 Å². The molecule has 0 atom stereocenters. The van der Waals surface area contributed by atoms with Gasteiger partial charge in [-0.15, -0.1) is 0 Å². The van der Waals surface area contributed by atoms with Crippen molar-refractivity contribution in [3.63, 3.8) is 0 Å². The summed E-state index contributed by atoms with van der Waals surface area (Å²) in [7, 11) is 0. The molecular formula is C12H22N4O. The lowest BCUT2D eigenvalue weighted by Crippen LogP contribution is -2.21. The standard InChI is InChI=1S/C12H22N4O/c1-10(2)7-13-8-12-14-9-16(15-12)11-3-5-17-6-4-11/h9-11,13H,3-8H2,1-2H3. The minimum absolute atomic E-state index is 0.468. The molecule has 0 radical (unpaired) electrons. The third kappa shape index (κ3) is 3.78. The molecule has 5 heteroatoms. The normalized spacial score (nSPS) is 17.8. The summed E-state index contributed by atoms with van der Waals surface area (Å²) in [6.07, 6.45) is 3.94. The first kappa shape index (κ1) is 12.5. The van der Waals surface area contributed by atoms with E-state index in [1.54, 1.807) is 0 Å². The van der Waals surface area contributed by atoms with Crippen LogP contribution in [-0.4, -0.2) is 34.5 Å². The molecule has 1 aromatic heterocycles. The molecule has 2 rings (SSSR count). The van der Waals surface area contributed by atoms with E-state index in [4.69, 9.17) is 4.74 Å². The van der Waals surface area contributed by atoms with E-state index in [1.807, 2.05) is 11.0 Å². The highest BCUT2D eigenvalue weighted by Crippen LogP contribution is 2.19. The molecule has 1 aliphatic rings. The van der Waals surface area contributed by atoms with Gasteiger partial charge in [0, 0.05) is 13.2 Å². The Morgan fingerprint density at radius 2 is 2.24 bits per heavy atom. The van der Waals surface area contributed by atoms with Gasteiger partial charge in [-0.1, -0.05) is 13.8 Å². The summed E-state index contributed by atoms with van der Waals surface area (Å²) in [5, 5.41) is 7.87. The Balaban J connectivity index is 1.82. The molecule has 1 saturated heterocycles. The number of ether oxygens (including phenoxy) is 1. The minimum atomic E-state index is 0.468. The highest BCUT2D eigenvalue weighted by molar-refractivity contribution is 4.83. The second-order valence-electron chi connectivity index (χ2n) is 5.01. The van der Waals surface area contributed by atoms with Crippen molar-refractivity contribution in [1.29, 1.82) is 0 Å². The van der Waals surface area contributed by atoms with Crippen molar-refractivity contribution in [2.45, 2.75) is 39.3 Å². The van der Waals surface area contributed by atoms with E-state index >= 15 is 0 Å². The zero-order valence-electron chi connectivity index (χ0n) is 10.7. The Kier molecular flexibility index (Phi) is 4.50. The van der Waals surface area contributed by atoms with Crippen molar-refractivity contribution in [3.8, 4) is 0 Å². The second-order valence-corrected chi connectivity index (χ2v) is 5.01. The van der Waals surface area contributed by atoms with Gasteiger partial charge in [-0.3, -0.25) is 0 Å². The molecule has 0 amide bonds. The lowest BCUT2D eigenvalue weighted by molar-refractivity contribution is 0.0660. The van der Waals surface area contributed by atoms with Crippen molar-refractivity contribution >= 4 is 0 Å². The van der Waals surface area contributed by atoms with Crippen LogP contribution in [0, 0.1) is 5.92 Å². The van der Waals surface area contributed by atoms with E-state index in [2.05, 4.69) is 29.2 Å². The highest BCUT2D eigenvalue weighted by Gasteiger charge is 2.16. The number of aromatic nitrogens is 3. The quantitative estimate of drug-likeness (QED) is 0.842. The predicted molar refractivity (Wildman–Crippen MR) is 65.7 cm³/mol. The van der Waals surface area contributed by atoms with Crippen LogP contribution >= 0.6 is 0 Å². The molecule has 0 bridgehead atoms. The summed E-state index contributed by atoms with van der Waals surface area (Å²) in [5.41, 5.74) is 0. The zero-order valence-corrected chi connectivity index (χ0v) is 10.7. The fraction of sp³-hybridized carbons (Fsp3) is 0.833. The van der Waals surface area contributed by atoms with E-state index < -0.39 is 0 Å². The topological polar surface area (TPSA) is 52.0 Å². The monoisotopic (exact) mass is 238 g/mol. The second kappa shape index (κ2) is 6.12. The highest BCUT2D eigenvalue weighted by atomic mass is 16.5. The molecule has 2 heterocycles. The molecule has 0 aromatic carbocycles. The number of nitrogens with zero attached hydrogens (tertiary/aromatic N) is 3. The van der Waals surface area contributed by atoms with Crippen LogP contribution in [-0.2, 0) is 11.3 Å². The molecule has 0 aliphatic carbocycles. The van der Waals surface area contributed by atoms with Gasteiger partial charge in [0.2, 0.25) is 0 Å². The average molecular weight is 238 g/mol. The van der Waals surface area contributed by atoms with Crippen LogP contribution < -0.4 is 5.32 Å². The molecule has 17 heavy (non-hydrogen) atoms. The van der Waals surface area contributed by atoms with Gasteiger partial charge in [-0.2, -0.15) is 5.10 Å². The average Bonchev–Trinajstić information content (AvgIpc) is 2.78. The molecule has 1 aromatic rings. The summed E-state index contributed by atoms with van der Waals surface area (Å²) in [5.74, 6) is 1.55. The third-order valence-electron chi connectivity index (χ3n) is 2.96. The maximum Gasteiger partial charge on any atom is 0.164 e. The molecule has 0 saturated carbocycles. The first-order valence-electron chi connectivity index (χ1n) is 6.44. The maximum atomic E-state index is 5.35. The van der Waals surface area contributed by atoms with E-state index in [-0.39, 0.29) is 0 Å². The fourth-order valence-corrected chi connectivity index (χ4v) is 1.99. The Hall–Kier alpha value is -0.940. The Labute approximate surface area is 103 Å². The van der Waals surface area contributed by atoms with Gasteiger partial charge < -0.3 is 10.1 Å². The molecule has 96 valence electrons. The van der Waals surface area contributed by atoms with Gasteiger partial charge in [0.25, 0.3) is 0 Å². The molecular weight excluding hydrogens is 216 g/mol. The molecule has 1 fully saturated rings. The third-order valence-corrected chi connectivity index (χ3v) is 2.96. The van der Waals surface area contributed by atoms with Crippen LogP contribution in [0.4, 0.5) is 0 Å². The SMILES string of the molecule is CC(C)CNCc1ncn(C2CCOCC2)n1. The Morgan fingerprint density at radius 3 is 2.94 bits per heavy atom. The van der Waals surface area contributed by atoms with E-state index in [9.17, 15) is 0 Å². The lowest BCUT2D eigenvalue weighted by atomic mass is 10.1. The molecule has 1 aliphatic heterocycles. The summed E-state index contributed by atoms with van der Waals surface area (Å²) >= 11 is 0.